The van der Waals surface area contributed by atoms with Crippen LogP contribution in [0.5, 0.6) is 0 Å². The molecule has 0 aliphatic carbocycles. The number of fused-ring (bicyclic) bond motifs is 1. The fraction of sp³-hybridized carbons (Fsp3) is 0.161. The Morgan fingerprint density at radius 2 is 1.83 bits per heavy atom. The number of carbonyl (C=O) groups is 2. The molecule has 0 saturated heterocycles. The van der Waals surface area contributed by atoms with Gasteiger partial charge in [0.1, 0.15) is 12.6 Å². The van der Waals surface area contributed by atoms with Crippen LogP contribution in [-0.2, 0) is 29.1 Å². The van der Waals surface area contributed by atoms with Crippen LogP contribution in [0.1, 0.15) is 28.1 Å². The fourth-order valence-corrected chi connectivity index (χ4v) is 4.94. The number of halogens is 2. The van der Waals surface area contributed by atoms with E-state index in [0.717, 1.165) is 33.3 Å². The molecule has 5 aromatic rings. The first-order chi connectivity index (χ1) is 20.4. The Morgan fingerprint density at radius 1 is 1.05 bits per heavy atom. The molecule has 9 nitrogen and oxygen atoms in total. The highest BCUT2D eigenvalue weighted by atomic mass is 35.5. The minimum absolute atomic E-state index is 0.0782. The number of nitrogens with one attached hydrogen (secondary N) is 3. The first-order valence-corrected chi connectivity index (χ1v) is 13.9. The number of carbonyl (C=O) groups excluding carboxylic acids is 2. The van der Waals surface area contributed by atoms with Gasteiger partial charge in [-0.15, -0.1) is 0 Å². The summed E-state index contributed by atoms with van der Waals surface area (Å²) >= 11 is 12.3. The number of nitrogens with zero attached hydrogens (tertiary/aromatic N) is 3. The van der Waals surface area contributed by atoms with E-state index in [0.29, 0.717) is 22.3 Å². The molecular formula is C31H28Cl2N6O3. The van der Waals surface area contributed by atoms with Crippen LogP contribution in [0.15, 0.2) is 90.4 Å². The van der Waals surface area contributed by atoms with Crippen LogP contribution in [-0.4, -0.2) is 38.8 Å². The highest BCUT2D eigenvalue weighted by Gasteiger charge is 2.23. The highest BCUT2D eigenvalue weighted by Crippen LogP contribution is 2.28. The van der Waals surface area contributed by atoms with Gasteiger partial charge in [-0.3, -0.25) is 4.79 Å². The zero-order valence-electron chi connectivity index (χ0n) is 22.7. The third-order valence-electron chi connectivity index (χ3n) is 6.77. The molecule has 0 aliphatic heterocycles. The summed E-state index contributed by atoms with van der Waals surface area (Å²) in [5.41, 5.74) is 7.89. The van der Waals surface area contributed by atoms with Crippen molar-refractivity contribution in [3.8, 4) is 0 Å². The van der Waals surface area contributed by atoms with Gasteiger partial charge < -0.3 is 19.6 Å². The lowest BCUT2D eigenvalue weighted by atomic mass is 10.1. The van der Waals surface area contributed by atoms with E-state index in [1.807, 2.05) is 73.7 Å². The van der Waals surface area contributed by atoms with Gasteiger partial charge in [-0.2, -0.15) is 5.10 Å². The molecule has 2 aromatic heterocycles. The molecule has 214 valence electrons. The van der Waals surface area contributed by atoms with Gasteiger partial charge in [0.05, 0.1) is 22.6 Å². The first-order valence-electron chi connectivity index (χ1n) is 13.2. The van der Waals surface area contributed by atoms with E-state index < -0.39 is 18.0 Å². The van der Waals surface area contributed by atoms with Crippen LogP contribution < -0.4 is 10.7 Å². The van der Waals surface area contributed by atoms with E-state index in [9.17, 15) is 9.59 Å². The van der Waals surface area contributed by atoms with Gasteiger partial charge in [-0.1, -0.05) is 77.8 Å². The number of amides is 2. The smallest absolute Gasteiger partial charge is 0.408 e. The largest absolute Gasteiger partial charge is 0.445 e. The van der Waals surface area contributed by atoms with Crippen molar-refractivity contribution in [2.75, 3.05) is 0 Å². The maximum Gasteiger partial charge on any atom is 0.408 e. The van der Waals surface area contributed by atoms with E-state index in [4.69, 9.17) is 27.9 Å². The summed E-state index contributed by atoms with van der Waals surface area (Å²) in [6.45, 7) is 2.64. The number of hydrogen-bond donors (Lipinski definition) is 3. The molecule has 3 aromatic carbocycles. The maximum atomic E-state index is 13.2. The Morgan fingerprint density at radius 3 is 2.60 bits per heavy atom. The minimum Gasteiger partial charge on any atom is -0.445 e. The lowest BCUT2D eigenvalue weighted by Gasteiger charge is -2.16. The number of aromatic nitrogens is 3. The lowest BCUT2D eigenvalue weighted by Crippen LogP contribution is -2.47. The number of aromatic amines is 1. The second-order valence-corrected chi connectivity index (χ2v) is 10.4. The Hall–Kier alpha value is -4.60. The van der Waals surface area contributed by atoms with E-state index >= 15 is 0 Å². The number of hydrogen-bond acceptors (Lipinski definition) is 5. The number of H-pyrrole nitrogens is 1. The summed E-state index contributed by atoms with van der Waals surface area (Å²) in [6, 6.07) is 21.9. The predicted octanol–water partition coefficient (Wildman–Crippen LogP) is 6.02. The van der Waals surface area contributed by atoms with Gasteiger partial charge in [-0.05, 0) is 36.2 Å². The van der Waals surface area contributed by atoms with Gasteiger partial charge in [0.25, 0.3) is 5.91 Å². The summed E-state index contributed by atoms with van der Waals surface area (Å²) in [5.74, 6) is -0.505. The minimum atomic E-state index is -0.956. The second kappa shape index (κ2) is 13.4. The molecule has 0 bridgehead atoms. The normalized spacial score (nSPS) is 12.0. The summed E-state index contributed by atoms with van der Waals surface area (Å²) in [4.78, 5) is 32.7. The number of alkyl carbamates (subject to hydrolysis) is 1. The predicted molar refractivity (Wildman–Crippen MR) is 164 cm³/mol. The molecule has 0 radical (unpaired) electrons. The molecule has 11 heteroatoms. The SMILES string of the molecule is Cc1c(/C=N\NC(=O)[C@@H](Cc2cnc[nH]2)NC(=O)OCc2ccccc2)c2ccccc2n1Cc1ccc(Cl)c(Cl)c1. The van der Waals surface area contributed by atoms with Crippen molar-refractivity contribution >= 4 is 52.3 Å². The number of hydrazone groups is 1. The molecule has 5 rings (SSSR count). The van der Waals surface area contributed by atoms with Crippen LogP contribution >= 0.6 is 23.2 Å². The van der Waals surface area contributed by atoms with Crippen molar-refractivity contribution in [1.82, 2.24) is 25.3 Å². The Balaban J connectivity index is 1.31. The zero-order valence-corrected chi connectivity index (χ0v) is 24.2. The number of imidazole rings is 1. The third kappa shape index (κ3) is 6.99. The molecule has 0 unspecified atom stereocenters. The van der Waals surface area contributed by atoms with E-state index in [2.05, 4.69) is 30.4 Å². The summed E-state index contributed by atoms with van der Waals surface area (Å²) in [6.07, 6.45) is 4.16. The molecule has 2 heterocycles. The molecule has 0 spiro atoms. The molecule has 0 aliphatic rings. The Kier molecular flexibility index (Phi) is 9.21. The van der Waals surface area contributed by atoms with Crippen LogP contribution in [0.25, 0.3) is 10.9 Å². The number of benzene rings is 3. The van der Waals surface area contributed by atoms with Crippen molar-refractivity contribution in [2.24, 2.45) is 5.10 Å². The third-order valence-corrected chi connectivity index (χ3v) is 7.51. The van der Waals surface area contributed by atoms with Gasteiger partial charge in [0.2, 0.25) is 0 Å². The van der Waals surface area contributed by atoms with E-state index in [-0.39, 0.29) is 13.0 Å². The zero-order chi connectivity index (χ0) is 29.5. The van der Waals surface area contributed by atoms with Crippen LogP contribution in [0.3, 0.4) is 0 Å². The summed E-state index contributed by atoms with van der Waals surface area (Å²) in [5, 5.41) is 8.87. The maximum absolute atomic E-state index is 13.2. The van der Waals surface area contributed by atoms with Gasteiger partial charge >= 0.3 is 6.09 Å². The molecule has 2 amide bonds. The molecule has 42 heavy (non-hydrogen) atoms. The average Bonchev–Trinajstić information content (AvgIpc) is 3.60. The van der Waals surface area contributed by atoms with Gasteiger partial charge in [-0.25, -0.2) is 15.2 Å². The number of ether oxygens (including phenoxy) is 1. The average molecular weight is 604 g/mol. The van der Waals surface area contributed by atoms with Crippen LogP contribution in [0.4, 0.5) is 4.79 Å². The molecular weight excluding hydrogens is 575 g/mol. The standard InChI is InChI=1S/C31H28Cl2N6O3/c1-20-25(24-9-5-6-10-29(24)39(20)17-22-11-12-26(32)27(33)13-22)16-36-38-30(40)28(14-23-15-34-19-35-23)37-31(41)42-18-21-7-3-2-4-8-21/h2-13,15-16,19,28H,14,17-18H2,1H3,(H,34,35)(H,37,41)(H,38,40)/b36-16-/t28-/m1/s1. The number of rotatable bonds is 10. The van der Waals surface area contributed by atoms with Crippen molar-refractivity contribution in [1.29, 1.82) is 0 Å². The van der Waals surface area contributed by atoms with Crippen molar-refractivity contribution in [3.05, 3.63) is 123 Å². The van der Waals surface area contributed by atoms with Crippen molar-refractivity contribution in [2.45, 2.75) is 32.5 Å². The van der Waals surface area contributed by atoms with Crippen LogP contribution in [0, 0.1) is 6.92 Å². The van der Waals surface area contributed by atoms with Gasteiger partial charge in [0.15, 0.2) is 0 Å². The lowest BCUT2D eigenvalue weighted by molar-refractivity contribution is -0.123. The monoisotopic (exact) mass is 602 g/mol. The van der Waals surface area contributed by atoms with E-state index in [1.54, 1.807) is 18.5 Å². The topological polar surface area (TPSA) is 113 Å². The summed E-state index contributed by atoms with van der Waals surface area (Å²) < 4.78 is 7.47. The van der Waals surface area contributed by atoms with Gasteiger partial charge in [0, 0.05) is 47.0 Å². The van der Waals surface area contributed by atoms with E-state index in [1.165, 1.54) is 6.33 Å². The molecule has 0 saturated carbocycles. The molecule has 0 fully saturated rings. The summed E-state index contributed by atoms with van der Waals surface area (Å²) in [7, 11) is 0. The fourth-order valence-electron chi connectivity index (χ4n) is 4.62. The Bertz CT molecular complexity index is 1720. The highest BCUT2D eigenvalue weighted by molar-refractivity contribution is 6.42. The molecule has 3 N–H and O–H groups in total. The van der Waals surface area contributed by atoms with Crippen molar-refractivity contribution in [3.63, 3.8) is 0 Å². The molecule has 1 atom stereocenters. The number of para-hydroxylation sites is 1. The second-order valence-electron chi connectivity index (χ2n) is 9.62. The quantitative estimate of drug-likeness (QED) is 0.134. The Labute approximate surface area is 252 Å². The first kappa shape index (κ1) is 28.9. The van der Waals surface area contributed by atoms with Crippen molar-refractivity contribution < 1.29 is 14.3 Å². The van der Waals surface area contributed by atoms with Crippen LogP contribution in [0.2, 0.25) is 10.0 Å².